The van der Waals surface area contributed by atoms with Crippen molar-refractivity contribution in [2.45, 2.75) is 46.0 Å². The first-order chi connectivity index (χ1) is 18.5. The van der Waals surface area contributed by atoms with Gasteiger partial charge in [0.1, 0.15) is 0 Å². The highest BCUT2D eigenvalue weighted by Gasteiger charge is 2.06. The van der Waals surface area contributed by atoms with Gasteiger partial charge in [-0.2, -0.15) is 0 Å². The summed E-state index contributed by atoms with van der Waals surface area (Å²) >= 11 is 0. The number of phenols is 2. The Morgan fingerprint density at radius 1 is 0.692 bits per heavy atom. The van der Waals surface area contributed by atoms with E-state index in [-0.39, 0.29) is 29.5 Å². The van der Waals surface area contributed by atoms with E-state index in [0.717, 1.165) is 12.8 Å². The fourth-order valence-corrected chi connectivity index (χ4v) is 2.69. The number of hydrogen-bond donors (Lipinski definition) is 4. The van der Waals surface area contributed by atoms with Crippen LogP contribution in [0.5, 0.6) is 23.0 Å². The number of carboxylic acids is 2. The summed E-state index contributed by atoms with van der Waals surface area (Å²) < 4.78 is 10.00. The van der Waals surface area contributed by atoms with Crippen LogP contribution in [0, 0.1) is 0 Å². The number of ether oxygens (including phenoxy) is 2. The third-order valence-electron chi connectivity index (χ3n) is 4.61. The molecular formula is C29H36O10. The van der Waals surface area contributed by atoms with Gasteiger partial charge < -0.3 is 29.9 Å². The van der Waals surface area contributed by atoms with Crippen molar-refractivity contribution in [3.63, 3.8) is 0 Å². The van der Waals surface area contributed by atoms with E-state index in [9.17, 15) is 29.4 Å². The van der Waals surface area contributed by atoms with Crippen LogP contribution in [-0.4, -0.2) is 58.2 Å². The molecular weight excluding hydrogens is 508 g/mol. The minimum Gasteiger partial charge on any atom is -0.504 e. The number of carbonyl (C=O) groups is 4. The zero-order valence-corrected chi connectivity index (χ0v) is 22.5. The molecule has 0 atom stereocenters. The molecule has 0 fully saturated rings. The topological polar surface area (TPSA) is 168 Å². The maximum absolute atomic E-state index is 11.9. The fraction of sp³-hybridized carbons (Fsp3) is 0.310. The van der Waals surface area contributed by atoms with Crippen LogP contribution >= 0.6 is 0 Å². The quantitative estimate of drug-likeness (QED) is 0.208. The normalized spacial score (nSPS) is 10.2. The van der Waals surface area contributed by atoms with Gasteiger partial charge in [0.15, 0.2) is 34.6 Å². The van der Waals surface area contributed by atoms with Crippen molar-refractivity contribution in [3.05, 3.63) is 59.7 Å². The zero-order chi connectivity index (χ0) is 29.8. The van der Waals surface area contributed by atoms with Crippen LogP contribution in [0.1, 0.15) is 57.1 Å². The maximum Gasteiger partial charge on any atom is 0.303 e. The van der Waals surface area contributed by atoms with Crippen molar-refractivity contribution >= 4 is 35.7 Å². The number of aromatic hydroxyl groups is 2. The van der Waals surface area contributed by atoms with E-state index in [0.29, 0.717) is 35.5 Å². The number of hydrogen-bond acceptors (Lipinski definition) is 8. The number of ketones is 2. The van der Waals surface area contributed by atoms with Gasteiger partial charge in [0.2, 0.25) is 0 Å². The Balaban J connectivity index is 0.00000100. The minimum absolute atomic E-state index is 0.00662. The highest BCUT2D eigenvalue weighted by molar-refractivity contribution is 6.10. The second-order valence-electron chi connectivity index (χ2n) is 7.93. The third kappa shape index (κ3) is 16.0. The van der Waals surface area contributed by atoms with Gasteiger partial charge in [-0.3, -0.25) is 19.2 Å². The molecule has 2 aromatic carbocycles. The Hall–Kier alpha value is -4.60. The van der Waals surface area contributed by atoms with Crippen molar-refractivity contribution in [1.82, 2.24) is 0 Å². The van der Waals surface area contributed by atoms with Crippen molar-refractivity contribution < 1.29 is 49.1 Å². The first kappa shape index (κ1) is 34.4. The maximum atomic E-state index is 11.9. The summed E-state index contributed by atoms with van der Waals surface area (Å²) in [5, 5.41) is 34.9. The van der Waals surface area contributed by atoms with E-state index < -0.39 is 11.9 Å². The van der Waals surface area contributed by atoms with Crippen molar-refractivity contribution in [2.75, 3.05) is 14.2 Å². The molecule has 0 unspecified atom stereocenters. The van der Waals surface area contributed by atoms with Gasteiger partial charge in [-0.1, -0.05) is 38.1 Å². The van der Waals surface area contributed by atoms with Gasteiger partial charge in [-0.05, 0) is 60.4 Å². The molecule has 39 heavy (non-hydrogen) atoms. The number of methoxy groups -OCH3 is 2. The van der Waals surface area contributed by atoms with E-state index in [4.69, 9.17) is 19.7 Å². The van der Waals surface area contributed by atoms with Crippen LogP contribution in [-0.2, 0) is 19.2 Å². The monoisotopic (exact) mass is 544 g/mol. The number of benzene rings is 2. The smallest absolute Gasteiger partial charge is 0.303 e. The first-order valence-corrected chi connectivity index (χ1v) is 12.1. The largest absolute Gasteiger partial charge is 0.504 e. The number of carbonyl (C=O) groups excluding carboxylic acids is 2. The standard InChI is InChI=1S/C21H20O6.2C4H8O2/c1-26-20-11-14(5-9-18(20)24)3-7-16(22)13-17(23)8-4-15-6-10-19(25)21(12-15)27-2;2*1-2-3-4(5)6/h3-12,24-25H,13H2,1-2H3;2*2-3H2,1H3,(H,5,6)/b7-3+,8-4+;;. The molecule has 0 spiro atoms. The van der Waals surface area contributed by atoms with E-state index in [1.54, 1.807) is 36.4 Å². The Morgan fingerprint density at radius 3 is 1.31 bits per heavy atom. The average Bonchev–Trinajstić information content (AvgIpc) is 2.88. The molecule has 0 aliphatic carbocycles. The number of carboxylic acid groups (broad SMARTS) is 2. The van der Waals surface area contributed by atoms with Crippen LogP contribution in [0.3, 0.4) is 0 Å². The van der Waals surface area contributed by atoms with Gasteiger partial charge in [-0.25, -0.2) is 0 Å². The van der Waals surface area contributed by atoms with E-state index in [1.165, 1.54) is 38.5 Å². The summed E-state index contributed by atoms with van der Waals surface area (Å²) in [6.07, 6.45) is 7.49. The molecule has 0 aromatic heterocycles. The molecule has 2 rings (SSSR count). The molecule has 10 nitrogen and oxygen atoms in total. The minimum atomic E-state index is -0.711. The lowest BCUT2D eigenvalue weighted by atomic mass is 10.1. The lowest BCUT2D eigenvalue weighted by Gasteiger charge is -2.03. The lowest BCUT2D eigenvalue weighted by molar-refractivity contribution is -0.138. The molecule has 2 aromatic rings. The first-order valence-electron chi connectivity index (χ1n) is 12.1. The molecule has 0 aliphatic rings. The Bertz CT molecular complexity index is 1060. The molecule has 4 N–H and O–H groups in total. The van der Waals surface area contributed by atoms with E-state index >= 15 is 0 Å². The second kappa shape index (κ2) is 19.5. The van der Waals surface area contributed by atoms with Crippen LogP contribution in [0.15, 0.2) is 48.6 Å². The van der Waals surface area contributed by atoms with Crippen LogP contribution in [0.2, 0.25) is 0 Å². The molecule has 0 saturated carbocycles. The molecule has 0 saturated heterocycles. The molecule has 0 aliphatic heterocycles. The third-order valence-corrected chi connectivity index (χ3v) is 4.61. The molecule has 0 amide bonds. The molecule has 0 heterocycles. The van der Waals surface area contributed by atoms with E-state index in [1.807, 2.05) is 13.8 Å². The Labute approximate surface area is 227 Å². The molecule has 0 bridgehead atoms. The van der Waals surface area contributed by atoms with Gasteiger partial charge in [-0.15, -0.1) is 0 Å². The summed E-state index contributed by atoms with van der Waals surface area (Å²) in [6, 6.07) is 9.34. The fourth-order valence-electron chi connectivity index (χ4n) is 2.69. The zero-order valence-electron chi connectivity index (χ0n) is 22.5. The molecule has 10 heteroatoms. The van der Waals surface area contributed by atoms with Gasteiger partial charge in [0, 0.05) is 12.8 Å². The highest BCUT2D eigenvalue weighted by Crippen LogP contribution is 2.27. The predicted molar refractivity (Wildman–Crippen MR) is 147 cm³/mol. The molecule has 212 valence electrons. The number of allylic oxidation sites excluding steroid dienone is 2. The number of aliphatic carboxylic acids is 2. The van der Waals surface area contributed by atoms with Gasteiger partial charge in [0.25, 0.3) is 0 Å². The summed E-state index contributed by atoms with van der Waals surface area (Å²) in [6.45, 7) is 3.68. The van der Waals surface area contributed by atoms with Crippen LogP contribution in [0.4, 0.5) is 0 Å². The highest BCUT2D eigenvalue weighted by atomic mass is 16.5. The average molecular weight is 545 g/mol. The van der Waals surface area contributed by atoms with Crippen molar-refractivity contribution in [3.8, 4) is 23.0 Å². The Morgan fingerprint density at radius 2 is 1.05 bits per heavy atom. The summed E-state index contributed by atoms with van der Waals surface area (Å²) in [5.41, 5.74) is 1.33. The molecule has 0 radical (unpaired) electrons. The second-order valence-corrected chi connectivity index (χ2v) is 7.93. The summed E-state index contributed by atoms with van der Waals surface area (Å²) in [5.74, 6) is -1.50. The lowest BCUT2D eigenvalue weighted by Crippen LogP contribution is -2.01. The van der Waals surface area contributed by atoms with Crippen molar-refractivity contribution in [2.24, 2.45) is 0 Å². The number of phenolic OH excluding ortho intramolecular Hbond substituents is 2. The van der Waals surface area contributed by atoms with Crippen LogP contribution < -0.4 is 9.47 Å². The summed E-state index contributed by atoms with van der Waals surface area (Å²) in [4.78, 5) is 43.1. The Kier molecular flexibility index (Phi) is 17.2. The van der Waals surface area contributed by atoms with E-state index in [2.05, 4.69) is 0 Å². The van der Waals surface area contributed by atoms with Crippen LogP contribution in [0.25, 0.3) is 12.2 Å². The van der Waals surface area contributed by atoms with Crippen molar-refractivity contribution in [1.29, 1.82) is 0 Å². The summed E-state index contributed by atoms with van der Waals surface area (Å²) in [7, 11) is 2.87. The van der Waals surface area contributed by atoms with Gasteiger partial charge in [0.05, 0.1) is 20.6 Å². The number of rotatable bonds is 12. The predicted octanol–water partition coefficient (Wildman–Crippen LogP) is 5.11. The van der Waals surface area contributed by atoms with Gasteiger partial charge >= 0.3 is 11.9 Å². The SMILES string of the molecule is CCCC(=O)O.CCCC(=O)O.COc1cc(/C=C/C(=O)CC(=O)/C=C/c2ccc(O)c(OC)c2)ccc1O.